The van der Waals surface area contributed by atoms with Gasteiger partial charge in [0, 0.05) is 0 Å². The zero-order chi connectivity index (χ0) is 13.1. The molecule has 20 heavy (non-hydrogen) atoms. The summed E-state index contributed by atoms with van der Waals surface area (Å²) in [4.78, 5) is 0. The number of rotatable bonds is 0. The van der Waals surface area contributed by atoms with Crippen LogP contribution >= 0.6 is 11.3 Å². The molecule has 3 aromatic carbocycles. The quantitative estimate of drug-likeness (QED) is 0.331. The minimum atomic E-state index is 0.462. The molecule has 94 valence electrons. The van der Waals surface area contributed by atoms with Crippen molar-refractivity contribution < 1.29 is 0 Å². The number of hydrogen-bond acceptors (Lipinski definition) is 1. The molecule has 0 atom stereocenters. The molecule has 5 rings (SSSR count). The van der Waals surface area contributed by atoms with Crippen LogP contribution in [0.5, 0.6) is 0 Å². The third-order valence-electron chi connectivity index (χ3n) is 3.88. The van der Waals surface area contributed by atoms with Gasteiger partial charge in [-0.05, 0) is 0 Å². The summed E-state index contributed by atoms with van der Waals surface area (Å²) in [7, 11) is 0. The second-order valence-electron chi connectivity index (χ2n) is 5.01. The van der Waals surface area contributed by atoms with E-state index in [0.717, 1.165) is 0 Å². The summed E-state index contributed by atoms with van der Waals surface area (Å²) in [6.45, 7) is 0. The molecule has 0 saturated heterocycles. The van der Waals surface area contributed by atoms with E-state index in [1.807, 2.05) is 11.3 Å². The third-order valence-corrected chi connectivity index (χ3v) is 7.37. The van der Waals surface area contributed by atoms with Gasteiger partial charge < -0.3 is 0 Å². The summed E-state index contributed by atoms with van der Waals surface area (Å²) in [6.07, 6.45) is 0. The maximum atomic E-state index is 2.31. The molecular formula is C18H10SSe. The molecule has 2 heterocycles. The average Bonchev–Trinajstić information content (AvgIpc) is 2.79. The van der Waals surface area contributed by atoms with Gasteiger partial charge in [-0.15, -0.1) is 0 Å². The van der Waals surface area contributed by atoms with Crippen LogP contribution in [0.25, 0.3) is 39.5 Å². The van der Waals surface area contributed by atoms with Gasteiger partial charge in [0.25, 0.3) is 0 Å². The van der Waals surface area contributed by atoms with Gasteiger partial charge in [-0.25, -0.2) is 0 Å². The fourth-order valence-electron chi connectivity index (χ4n) is 3.04. The van der Waals surface area contributed by atoms with Crippen molar-refractivity contribution in [2.24, 2.45) is 0 Å². The monoisotopic (exact) mass is 338 g/mol. The number of hydrogen-bond donors (Lipinski definition) is 0. The molecule has 2 heteroatoms. The van der Waals surface area contributed by atoms with Crippen LogP contribution in [-0.2, 0) is 0 Å². The third kappa shape index (κ3) is 1.36. The van der Waals surface area contributed by atoms with E-state index < -0.39 is 0 Å². The first-order valence-corrected chi connectivity index (χ1v) is 9.16. The van der Waals surface area contributed by atoms with Gasteiger partial charge in [-0.1, -0.05) is 0 Å². The van der Waals surface area contributed by atoms with Crippen LogP contribution in [-0.4, -0.2) is 14.5 Å². The van der Waals surface area contributed by atoms with E-state index >= 15 is 0 Å². The molecule has 0 aliphatic heterocycles. The molecule has 0 unspecified atom stereocenters. The van der Waals surface area contributed by atoms with E-state index in [4.69, 9.17) is 0 Å². The summed E-state index contributed by atoms with van der Waals surface area (Å²) in [5.74, 6) is 0. The fourth-order valence-corrected chi connectivity index (χ4v) is 6.75. The Kier molecular flexibility index (Phi) is 2.20. The second kappa shape index (κ2) is 3.95. The summed E-state index contributed by atoms with van der Waals surface area (Å²) in [6, 6.07) is 22.4. The van der Waals surface area contributed by atoms with Crippen LogP contribution in [0.3, 0.4) is 0 Å². The van der Waals surface area contributed by atoms with Gasteiger partial charge in [-0.3, -0.25) is 0 Å². The van der Waals surface area contributed by atoms with Crippen molar-refractivity contribution in [3.63, 3.8) is 0 Å². The molecule has 0 N–H and O–H groups in total. The Hall–Kier alpha value is -1.60. The molecule has 5 aromatic rings. The molecule has 0 amide bonds. The Bertz CT molecular complexity index is 1100. The van der Waals surface area contributed by atoms with Crippen LogP contribution in [0.1, 0.15) is 0 Å². The molecule has 0 aliphatic carbocycles. The Balaban J connectivity index is 2.32. The van der Waals surface area contributed by atoms with Crippen molar-refractivity contribution in [3.05, 3.63) is 60.7 Å². The summed E-state index contributed by atoms with van der Waals surface area (Å²) in [5.41, 5.74) is 0. The van der Waals surface area contributed by atoms with Crippen molar-refractivity contribution in [2.75, 3.05) is 0 Å². The first kappa shape index (κ1) is 11.1. The Labute approximate surface area is 126 Å². The van der Waals surface area contributed by atoms with Crippen molar-refractivity contribution in [1.82, 2.24) is 0 Å². The number of benzene rings is 3. The normalized spacial score (nSPS) is 12.0. The predicted octanol–water partition coefficient (Wildman–Crippen LogP) is 5.42. The van der Waals surface area contributed by atoms with Crippen LogP contribution in [0.4, 0.5) is 0 Å². The zero-order valence-electron chi connectivity index (χ0n) is 10.6. The maximum absolute atomic E-state index is 2.31. The van der Waals surface area contributed by atoms with Crippen LogP contribution in [0, 0.1) is 0 Å². The molecule has 0 bridgehead atoms. The van der Waals surface area contributed by atoms with Gasteiger partial charge >= 0.3 is 126 Å². The minimum absolute atomic E-state index is 0.462. The van der Waals surface area contributed by atoms with Crippen molar-refractivity contribution in [1.29, 1.82) is 0 Å². The Morgan fingerprint density at radius 1 is 0.600 bits per heavy atom. The average molecular weight is 337 g/mol. The molecule has 0 spiro atoms. The molecule has 0 fully saturated rings. The van der Waals surface area contributed by atoms with Gasteiger partial charge in [0.2, 0.25) is 0 Å². The van der Waals surface area contributed by atoms with E-state index in [9.17, 15) is 0 Å². The zero-order valence-corrected chi connectivity index (χ0v) is 13.1. The first-order valence-electron chi connectivity index (χ1n) is 6.63. The number of fused-ring (bicyclic) bond motifs is 2. The standard InChI is InChI=1S/C18H10SSe/c1-2-7-13-11(5-1)12-6-3-9-15-17(12)18-14(19-13)8-4-10-16(18)20-15/h1-10H. The molecular weight excluding hydrogens is 327 g/mol. The summed E-state index contributed by atoms with van der Waals surface area (Å²) >= 11 is 2.38. The van der Waals surface area contributed by atoms with E-state index in [-0.39, 0.29) is 0 Å². The van der Waals surface area contributed by atoms with Crippen LogP contribution < -0.4 is 0 Å². The predicted molar refractivity (Wildman–Crippen MR) is 91.3 cm³/mol. The summed E-state index contributed by atoms with van der Waals surface area (Å²) < 4.78 is 5.87. The van der Waals surface area contributed by atoms with Gasteiger partial charge in [0.1, 0.15) is 0 Å². The Morgan fingerprint density at radius 2 is 1.30 bits per heavy atom. The van der Waals surface area contributed by atoms with E-state index in [1.54, 1.807) is 0 Å². The van der Waals surface area contributed by atoms with Crippen molar-refractivity contribution in [3.8, 4) is 0 Å². The van der Waals surface area contributed by atoms with E-state index in [0.29, 0.717) is 14.5 Å². The molecule has 0 saturated carbocycles. The van der Waals surface area contributed by atoms with Gasteiger partial charge in [-0.2, -0.15) is 0 Å². The van der Waals surface area contributed by atoms with Crippen LogP contribution in [0.15, 0.2) is 60.7 Å². The summed E-state index contributed by atoms with van der Waals surface area (Å²) in [5, 5.41) is 5.79. The van der Waals surface area contributed by atoms with Crippen molar-refractivity contribution in [2.45, 2.75) is 0 Å². The van der Waals surface area contributed by atoms with Gasteiger partial charge in [0.15, 0.2) is 0 Å². The van der Waals surface area contributed by atoms with Crippen molar-refractivity contribution >= 4 is 65.3 Å². The molecule has 0 aliphatic rings. The second-order valence-corrected chi connectivity index (χ2v) is 8.37. The first-order chi connectivity index (χ1) is 9.92. The van der Waals surface area contributed by atoms with Gasteiger partial charge in [0.05, 0.1) is 0 Å². The van der Waals surface area contributed by atoms with E-state index in [2.05, 4.69) is 60.7 Å². The van der Waals surface area contributed by atoms with E-state index in [1.165, 1.54) is 39.5 Å². The molecule has 2 aromatic heterocycles. The van der Waals surface area contributed by atoms with Crippen LogP contribution in [0.2, 0.25) is 0 Å². The molecule has 0 radical (unpaired) electrons. The Morgan fingerprint density at radius 3 is 2.25 bits per heavy atom. The molecule has 0 nitrogen and oxygen atoms in total. The topological polar surface area (TPSA) is 0 Å². The SMILES string of the molecule is c1ccc2c(c1)sc1cccc3[se]c4cccc2c4c13. The fraction of sp³-hybridized carbons (Fsp3) is 0.